The Kier molecular flexibility index (Phi) is 6.34. The van der Waals surface area contributed by atoms with Gasteiger partial charge in [0.05, 0.1) is 0 Å². The molecule has 0 spiro atoms. The largest absolute Gasteiger partial charge is 0.396 e. The van der Waals surface area contributed by atoms with Gasteiger partial charge >= 0.3 is 0 Å². The van der Waals surface area contributed by atoms with Crippen LogP contribution in [0.15, 0.2) is 18.2 Å². The van der Waals surface area contributed by atoms with Crippen molar-refractivity contribution < 1.29 is 5.11 Å². The van der Waals surface area contributed by atoms with Crippen LogP contribution in [0.1, 0.15) is 44.7 Å². The van der Waals surface area contributed by atoms with Gasteiger partial charge in [-0.25, -0.2) is 0 Å². The summed E-state index contributed by atoms with van der Waals surface area (Å²) in [6, 6.07) is 6.68. The summed E-state index contributed by atoms with van der Waals surface area (Å²) in [5.41, 5.74) is 2.36. The first kappa shape index (κ1) is 16.6. The predicted molar refractivity (Wildman–Crippen MR) is 90.2 cm³/mol. The molecule has 1 aliphatic rings. The van der Waals surface area contributed by atoms with E-state index in [9.17, 15) is 5.11 Å². The molecule has 21 heavy (non-hydrogen) atoms. The van der Waals surface area contributed by atoms with Crippen LogP contribution in [0.25, 0.3) is 0 Å². The minimum atomic E-state index is 0.284. The van der Waals surface area contributed by atoms with E-state index in [4.69, 9.17) is 11.6 Å². The molecular weight excluding hydrogens is 284 g/mol. The van der Waals surface area contributed by atoms with E-state index in [0.717, 1.165) is 43.9 Å². The highest BCUT2D eigenvalue weighted by molar-refractivity contribution is 6.31. The number of aliphatic hydroxyl groups excluding tert-OH is 1. The Balaban J connectivity index is 2.02. The first-order valence-electron chi connectivity index (χ1n) is 8.04. The van der Waals surface area contributed by atoms with Gasteiger partial charge < -0.3 is 15.3 Å². The third-order valence-electron chi connectivity index (χ3n) is 4.39. The van der Waals surface area contributed by atoms with Crippen molar-refractivity contribution in [1.29, 1.82) is 0 Å². The van der Waals surface area contributed by atoms with Gasteiger partial charge in [-0.2, -0.15) is 0 Å². The molecule has 0 bridgehead atoms. The summed E-state index contributed by atoms with van der Waals surface area (Å²) < 4.78 is 0. The average molecular weight is 311 g/mol. The normalized spacial score (nSPS) is 18.0. The lowest BCUT2D eigenvalue weighted by Crippen LogP contribution is -2.34. The van der Waals surface area contributed by atoms with Crippen molar-refractivity contribution in [3.8, 4) is 0 Å². The Hall–Kier alpha value is -0.770. The first-order valence-corrected chi connectivity index (χ1v) is 8.42. The zero-order valence-corrected chi connectivity index (χ0v) is 13.9. The van der Waals surface area contributed by atoms with Crippen LogP contribution in [0, 0.1) is 5.92 Å². The van der Waals surface area contributed by atoms with E-state index >= 15 is 0 Å². The summed E-state index contributed by atoms with van der Waals surface area (Å²) in [4.78, 5) is 2.37. The fourth-order valence-corrected chi connectivity index (χ4v) is 3.25. The van der Waals surface area contributed by atoms with Gasteiger partial charge in [0.1, 0.15) is 0 Å². The topological polar surface area (TPSA) is 35.5 Å². The molecule has 3 nitrogen and oxygen atoms in total. The fraction of sp³-hybridized carbons (Fsp3) is 0.647. The van der Waals surface area contributed by atoms with Crippen LogP contribution in [0.5, 0.6) is 0 Å². The first-order chi connectivity index (χ1) is 10.2. The van der Waals surface area contributed by atoms with E-state index in [0.29, 0.717) is 12.5 Å². The summed E-state index contributed by atoms with van der Waals surface area (Å²) in [5.74, 6) is 0.467. The molecule has 1 aliphatic heterocycles. The second-order valence-electron chi connectivity index (χ2n) is 5.99. The average Bonchev–Trinajstić information content (AvgIpc) is 2.52. The van der Waals surface area contributed by atoms with Gasteiger partial charge in [-0.05, 0) is 56.3 Å². The number of nitrogens with zero attached hydrogens (tertiary/aromatic N) is 1. The van der Waals surface area contributed by atoms with Crippen LogP contribution in [-0.4, -0.2) is 31.3 Å². The molecule has 118 valence electrons. The van der Waals surface area contributed by atoms with Gasteiger partial charge in [-0.15, -0.1) is 0 Å². The van der Waals surface area contributed by atoms with Gasteiger partial charge in [0.15, 0.2) is 0 Å². The molecule has 1 atom stereocenters. The highest BCUT2D eigenvalue weighted by atomic mass is 35.5. The van der Waals surface area contributed by atoms with Crippen LogP contribution >= 0.6 is 11.6 Å². The predicted octanol–water partition coefficient (Wildman–Crippen LogP) is 3.61. The van der Waals surface area contributed by atoms with E-state index < -0.39 is 0 Å². The number of anilines is 1. The molecule has 1 aromatic carbocycles. The number of hydrogen-bond donors (Lipinski definition) is 2. The fourth-order valence-electron chi connectivity index (χ4n) is 2.91. The number of hydrogen-bond acceptors (Lipinski definition) is 3. The zero-order valence-electron chi connectivity index (χ0n) is 13.1. The number of halogens is 1. The third-order valence-corrected chi connectivity index (χ3v) is 4.72. The summed E-state index contributed by atoms with van der Waals surface area (Å²) in [5, 5.41) is 13.5. The van der Waals surface area contributed by atoms with E-state index in [1.54, 1.807) is 0 Å². The number of benzene rings is 1. The maximum Gasteiger partial charge on any atom is 0.0474 e. The molecule has 0 amide bonds. The van der Waals surface area contributed by atoms with Crippen LogP contribution in [0.2, 0.25) is 5.02 Å². The Morgan fingerprint density at radius 1 is 1.38 bits per heavy atom. The van der Waals surface area contributed by atoms with Crippen molar-refractivity contribution in [2.24, 2.45) is 5.92 Å². The number of aliphatic hydroxyl groups is 1. The lowest BCUT2D eigenvalue weighted by molar-refractivity contribution is 0.203. The van der Waals surface area contributed by atoms with Crippen molar-refractivity contribution in [3.05, 3.63) is 28.8 Å². The van der Waals surface area contributed by atoms with Crippen molar-refractivity contribution in [2.75, 3.05) is 31.1 Å². The molecule has 0 saturated carbocycles. The van der Waals surface area contributed by atoms with Gasteiger partial charge in [0, 0.05) is 36.4 Å². The monoisotopic (exact) mass is 310 g/mol. The molecule has 0 aliphatic carbocycles. The van der Waals surface area contributed by atoms with Crippen LogP contribution in [-0.2, 0) is 0 Å². The molecule has 1 aromatic rings. The molecule has 1 fully saturated rings. The Morgan fingerprint density at radius 2 is 2.10 bits per heavy atom. The highest BCUT2D eigenvalue weighted by Gasteiger charge is 2.19. The van der Waals surface area contributed by atoms with Crippen molar-refractivity contribution >= 4 is 17.3 Å². The van der Waals surface area contributed by atoms with Gasteiger partial charge in [-0.3, -0.25) is 0 Å². The number of nitrogens with one attached hydrogen (secondary N) is 1. The van der Waals surface area contributed by atoms with E-state index in [1.165, 1.54) is 11.3 Å². The van der Waals surface area contributed by atoms with Crippen LogP contribution in [0.4, 0.5) is 5.69 Å². The minimum absolute atomic E-state index is 0.284. The molecule has 4 heteroatoms. The maximum absolute atomic E-state index is 9.21. The van der Waals surface area contributed by atoms with Crippen LogP contribution < -0.4 is 10.2 Å². The standard InChI is InChI=1S/C17H27ClN2O/c1-3-8-19-13(2)16-5-4-15(11-17(16)18)20-9-6-14(12-21)7-10-20/h4-5,11,13-14,19,21H,3,6-10,12H2,1-2H3. The molecule has 0 radical (unpaired) electrons. The molecule has 0 aromatic heterocycles. The second-order valence-corrected chi connectivity index (χ2v) is 6.40. The SMILES string of the molecule is CCCNC(C)c1ccc(N2CCC(CO)CC2)cc1Cl. The Labute approximate surface area is 133 Å². The Morgan fingerprint density at radius 3 is 2.67 bits per heavy atom. The van der Waals surface area contributed by atoms with Gasteiger partial charge in [0.25, 0.3) is 0 Å². The summed E-state index contributed by atoms with van der Waals surface area (Å²) in [6.07, 6.45) is 3.24. The Bertz CT molecular complexity index is 444. The van der Waals surface area contributed by atoms with E-state index in [2.05, 4.69) is 42.3 Å². The minimum Gasteiger partial charge on any atom is -0.396 e. The molecule has 1 unspecified atom stereocenters. The van der Waals surface area contributed by atoms with E-state index in [1.807, 2.05) is 0 Å². The smallest absolute Gasteiger partial charge is 0.0474 e. The number of rotatable bonds is 6. The third kappa shape index (κ3) is 4.35. The number of piperidine rings is 1. The molecule has 1 heterocycles. The lowest BCUT2D eigenvalue weighted by atomic mass is 9.97. The van der Waals surface area contributed by atoms with Crippen molar-refractivity contribution in [1.82, 2.24) is 5.32 Å². The molecule has 2 rings (SSSR count). The zero-order chi connectivity index (χ0) is 15.2. The van der Waals surface area contributed by atoms with Crippen molar-refractivity contribution in [3.63, 3.8) is 0 Å². The maximum atomic E-state index is 9.21. The van der Waals surface area contributed by atoms with Gasteiger partial charge in [0.2, 0.25) is 0 Å². The lowest BCUT2D eigenvalue weighted by Gasteiger charge is -2.33. The molecular formula is C17H27ClN2O. The highest BCUT2D eigenvalue weighted by Crippen LogP contribution is 2.30. The van der Waals surface area contributed by atoms with E-state index in [-0.39, 0.29) is 6.04 Å². The molecule has 1 saturated heterocycles. The quantitative estimate of drug-likeness (QED) is 0.842. The van der Waals surface area contributed by atoms with Crippen LogP contribution in [0.3, 0.4) is 0 Å². The summed E-state index contributed by atoms with van der Waals surface area (Å²) in [7, 11) is 0. The van der Waals surface area contributed by atoms with Gasteiger partial charge in [-0.1, -0.05) is 24.6 Å². The summed E-state index contributed by atoms with van der Waals surface area (Å²) in [6.45, 7) is 7.65. The van der Waals surface area contributed by atoms with Crippen molar-refractivity contribution in [2.45, 2.75) is 39.2 Å². The second kappa shape index (κ2) is 8.02. The molecule has 2 N–H and O–H groups in total. The summed E-state index contributed by atoms with van der Waals surface area (Å²) >= 11 is 6.47.